The second-order valence-electron chi connectivity index (χ2n) is 4.28. The number of aromatic amines is 1. The third-order valence-corrected chi connectivity index (χ3v) is 2.62. The Morgan fingerprint density at radius 2 is 2.11 bits per heavy atom. The van der Waals surface area contributed by atoms with Gasteiger partial charge >= 0.3 is 5.97 Å². The minimum atomic E-state index is -0.793. The lowest BCUT2D eigenvalue weighted by atomic mass is 10.0. The van der Waals surface area contributed by atoms with E-state index in [1.165, 1.54) is 0 Å². The van der Waals surface area contributed by atoms with E-state index in [0.717, 1.165) is 6.42 Å². The highest BCUT2D eigenvalue weighted by Crippen LogP contribution is 2.09. The number of aliphatic carboxylic acids is 1. The van der Waals surface area contributed by atoms with E-state index in [2.05, 4.69) is 25.9 Å². The van der Waals surface area contributed by atoms with Crippen LogP contribution in [0.5, 0.6) is 0 Å². The first-order valence-corrected chi connectivity index (χ1v) is 5.77. The molecule has 1 aromatic heterocycles. The molecule has 0 fully saturated rings. The number of hydrogen-bond donors (Lipinski definition) is 3. The predicted molar refractivity (Wildman–Crippen MR) is 61.8 cm³/mol. The summed E-state index contributed by atoms with van der Waals surface area (Å²) in [5.41, 5.74) is 0. The summed E-state index contributed by atoms with van der Waals surface area (Å²) >= 11 is 0. The fourth-order valence-corrected chi connectivity index (χ4v) is 1.47. The van der Waals surface area contributed by atoms with Gasteiger partial charge in [0.25, 0.3) is 11.7 Å². The Morgan fingerprint density at radius 1 is 1.39 bits per heavy atom. The molecule has 8 heteroatoms. The number of nitrogens with one attached hydrogen (secondary N) is 2. The van der Waals surface area contributed by atoms with Crippen LogP contribution in [0.25, 0.3) is 0 Å². The first-order chi connectivity index (χ1) is 8.50. The molecule has 0 aliphatic heterocycles. The lowest BCUT2D eigenvalue weighted by molar-refractivity contribution is -0.141. The summed E-state index contributed by atoms with van der Waals surface area (Å²) in [6.07, 6.45) is 2.04. The van der Waals surface area contributed by atoms with Crippen LogP contribution in [0.2, 0.25) is 0 Å². The molecule has 100 valence electrons. The van der Waals surface area contributed by atoms with Gasteiger partial charge in [-0.1, -0.05) is 13.3 Å². The molecule has 0 aliphatic rings. The van der Waals surface area contributed by atoms with E-state index in [1.54, 1.807) is 6.92 Å². The molecule has 0 spiro atoms. The number of carbonyl (C=O) groups is 2. The van der Waals surface area contributed by atoms with Crippen molar-refractivity contribution >= 4 is 11.9 Å². The predicted octanol–water partition coefficient (Wildman–Crippen LogP) is 0.209. The Labute approximate surface area is 104 Å². The van der Waals surface area contributed by atoms with E-state index >= 15 is 0 Å². The zero-order valence-corrected chi connectivity index (χ0v) is 10.4. The van der Waals surface area contributed by atoms with Gasteiger partial charge in [0.2, 0.25) is 0 Å². The molecule has 0 saturated heterocycles. The average molecular weight is 255 g/mol. The van der Waals surface area contributed by atoms with Crippen molar-refractivity contribution in [3.05, 3.63) is 5.82 Å². The number of nitrogens with zero attached hydrogens (tertiary/aromatic N) is 3. The molecule has 1 aromatic rings. The first-order valence-electron chi connectivity index (χ1n) is 5.77. The monoisotopic (exact) mass is 255 g/mol. The minimum absolute atomic E-state index is 0.000698. The first kappa shape index (κ1) is 14.1. The third-order valence-electron chi connectivity index (χ3n) is 2.62. The van der Waals surface area contributed by atoms with Gasteiger partial charge in [0.15, 0.2) is 0 Å². The number of aromatic nitrogens is 4. The summed E-state index contributed by atoms with van der Waals surface area (Å²) in [5.74, 6) is -1.54. The fraction of sp³-hybridized carbons (Fsp3) is 0.700. The Balaban J connectivity index is 2.24. The van der Waals surface area contributed by atoms with Crippen molar-refractivity contribution < 1.29 is 14.7 Å². The Morgan fingerprint density at radius 3 is 2.67 bits per heavy atom. The van der Waals surface area contributed by atoms with Crippen LogP contribution in [0, 0.1) is 5.92 Å². The average Bonchev–Trinajstić information content (AvgIpc) is 2.81. The van der Waals surface area contributed by atoms with Crippen molar-refractivity contribution in [2.75, 3.05) is 0 Å². The van der Waals surface area contributed by atoms with E-state index in [9.17, 15) is 9.59 Å². The smallest absolute Gasteiger partial charge is 0.306 e. The van der Waals surface area contributed by atoms with Gasteiger partial charge in [-0.15, -0.1) is 10.2 Å². The summed E-state index contributed by atoms with van der Waals surface area (Å²) in [6, 6.07) is -0.0583. The zero-order chi connectivity index (χ0) is 13.5. The highest BCUT2D eigenvalue weighted by atomic mass is 16.4. The largest absolute Gasteiger partial charge is 0.481 e. The minimum Gasteiger partial charge on any atom is -0.481 e. The molecule has 0 saturated carbocycles. The van der Waals surface area contributed by atoms with Crippen molar-refractivity contribution in [2.45, 2.75) is 39.2 Å². The van der Waals surface area contributed by atoms with Crippen LogP contribution in [0.15, 0.2) is 0 Å². The van der Waals surface area contributed by atoms with Gasteiger partial charge in [-0.05, 0) is 25.0 Å². The normalized spacial score (nSPS) is 13.9. The topological polar surface area (TPSA) is 121 Å². The van der Waals surface area contributed by atoms with Crippen molar-refractivity contribution in [3.63, 3.8) is 0 Å². The molecule has 3 N–H and O–H groups in total. The second kappa shape index (κ2) is 6.67. The lowest BCUT2D eigenvalue weighted by Crippen LogP contribution is -2.33. The number of tetrazole rings is 1. The van der Waals surface area contributed by atoms with E-state index in [4.69, 9.17) is 5.11 Å². The van der Waals surface area contributed by atoms with Crippen LogP contribution in [0.1, 0.15) is 43.7 Å². The number of carboxylic acids is 1. The Hall–Kier alpha value is -1.99. The molecule has 2 atom stereocenters. The SMILES string of the molecule is CC(CCCC(C)C(=O)O)NC(=O)c1nn[nH]n1. The molecule has 0 bridgehead atoms. The summed E-state index contributed by atoms with van der Waals surface area (Å²) in [6.45, 7) is 3.52. The number of hydrogen-bond acceptors (Lipinski definition) is 5. The van der Waals surface area contributed by atoms with Crippen molar-refractivity contribution in [2.24, 2.45) is 5.92 Å². The van der Waals surface area contributed by atoms with E-state index < -0.39 is 5.97 Å². The second-order valence-corrected chi connectivity index (χ2v) is 4.28. The number of amides is 1. The molecule has 1 rings (SSSR count). The molecule has 0 aromatic carbocycles. The van der Waals surface area contributed by atoms with Crippen LogP contribution < -0.4 is 5.32 Å². The quantitative estimate of drug-likeness (QED) is 0.640. The van der Waals surface area contributed by atoms with Gasteiger partial charge in [-0.25, -0.2) is 0 Å². The third kappa shape index (κ3) is 4.48. The molecular weight excluding hydrogens is 238 g/mol. The molecular formula is C10H17N5O3. The number of rotatable bonds is 7. The van der Waals surface area contributed by atoms with Crippen LogP contribution in [-0.2, 0) is 4.79 Å². The maximum Gasteiger partial charge on any atom is 0.306 e. The zero-order valence-electron chi connectivity index (χ0n) is 10.4. The summed E-state index contributed by atoms with van der Waals surface area (Å²) in [5, 5.41) is 24.1. The van der Waals surface area contributed by atoms with Gasteiger partial charge < -0.3 is 10.4 Å². The van der Waals surface area contributed by atoms with Crippen LogP contribution >= 0.6 is 0 Å². The van der Waals surface area contributed by atoms with Gasteiger partial charge in [-0.3, -0.25) is 9.59 Å². The summed E-state index contributed by atoms with van der Waals surface area (Å²) < 4.78 is 0. The molecule has 18 heavy (non-hydrogen) atoms. The maximum atomic E-state index is 11.5. The van der Waals surface area contributed by atoms with Crippen LogP contribution in [0.3, 0.4) is 0 Å². The fourth-order valence-electron chi connectivity index (χ4n) is 1.47. The van der Waals surface area contributed by atoms with Crippen LogP contribution in [-0.4, -0.2) is 43.6 Å². The van der Waals surface area contributed by atoms with Crippen molar-refractivity contribution in [1.82, 2.24) is 25.9 Å². The van der Waals surface area contributed by atoms with Gasteiger partial charge in [-0.2, -0.15) is 5.21 Å². The lowest BCUT2D eigenvalue weighted by Gasteiger charge is -2.13. The molecule has 1 amide bonds. The van der Waals surface area contributed by atoms with Crippen molar-refractivity contribution in [3.8, 4) is 0 Å². The number of carbonyl (C=O) groups excluding carboxylic acids is 1. The van der Waals surface area contributed by atoms with Crippen LogP contribution in [0.4, 0.5) is 0 Å². The maximum absolute atomic E-state index is 11.5. The molecule has 8 nitrogen and oxygen atoms in total. The van der Waals surface area contributed by atoms with Crippen molar-refractivity contribution in [1.29, 1.82) is 0 Å². The molecule has 1 heterocycles. The summed E-state index contributed by atoms with van der Waals surface area (Å²) in [7, 11) is 0. The molecule has 2 unspecified atom stereocenters. The highest BCUT2D eigenvalue weighted by molar-refractivity contribution is 5.90. The number of H-pyrrole nitrogens is 1. The Kier molecular flexibility index (Phi) is 5.22. The van der Waals surface area contributed by atoms with Gasteiger partial charge in [0.05, 0.1) is 5.92 Å². The van der Waals surface area contributed by atoms with Gasteiger partial charge in [0, 0.05) is 6.04 Å². The standard InChI is InChI=1S/C10H17N5O3/c1-6(10(17)18)4-3-5-7(2)11-9(16)8-12-14-15-13-8/h6-7H,3-5H2,1-2H3,(H,11,16)(H,17,18)(H,12,13,14,15). The van der Waals surface area contributed by atoms with E-state index in [0.29, 0.717) is 12.8 Å². The van der Waals surface area contributed by atoms with E-state index in [-0.39, 0.29) is 23.7 Å². The highest BCUT2D eigenvalue weighted by Gasteiger charge is 2.15. The molecule has 0 aliphatic carbocycles. The van der Waals surface area contributed by atoms with E-state index in [1.807, 2.05) is 6.92 Å². The van der Waals surface area contributed by atoms with Gasteiger partial charge in [0.1, 0.15) is 0 Å². The summed E-state index contributed by atoms with van der Waals surface area (Å²) in [4.78, 5) is 22.1. The molecule has 0 radical (unpaired) electrons. The Bertz CT molecular complexity index is 392. The number of carboxylic acid groups (broad SMARTS) is 1.